The summed E-state index contributed by atoms with van der Waals surface area (Å²) < 4.78 is 1.68. The van der Waals surface area contributed by atoms with Gasteiger partial charge < -0.3 is 10.0 Å². The van der Waals surface area contributed by atoms with Gasteiger partial charge in [-0.15, -0.1) is 11.3 Å². The Morgan fingerprint density at radius 1 is 1.09 bits per heavy atom. The van der Waals surface area contributed by atoms with Crippen LogP contribution in [0, 0.1) is 0 Å². The van der Waals surface area contributed by atoms with Gasteiger partial charge in [-0.25, -0.2) is 4.98 Å². The number of hydrogen-bond donors (Lipinski definition) is 1. The highest BCUT2D eigenvalue weighted by atomic mass is 32.2. The first-order valence-electron chi connectivity index (χ1n) is 11.5. The predicted molar refractivity (Wildman–Crippen MR) is 133 cm³/mol. The van der Waals surface area contributed by atoms with Crippen molar-refractivity contribution in [2.45, 2.75) is 30.8 Å². The van der Waals surface area contributed by atoms with E-state index in [0.717, 1.165) is 54.7 Å². The summed E-state index contributed by atoms with van der Waals surface area (Å²) >= 11 is 2.98. The van der Waals surface area contributed by atoms with Gasteiger partial charge in [-0.1, -0.05) is 30.0 Å². The number of carbonyl (C=O) groups excluding carboxylic acids is 1. The standard InChI is InChI=1S/C24H28N4O3S2/c29-15-14-26-10-12-27(13-11-26)20(30)16-32-24-25-22-21(18-8-4-5-9-19(18)33-22)23(31)28(24)17-6-2-1-3-7-17/h1-3,6-7,29H,4-5,8-16H2. The number of amides is 1. The van der Waals surface area contributed by atoms with Gasteiger partial charge in [0.2, 0.25) is 5.91 Å². The summed E-state index contributed by atoms with van der Waals surface area (Å²) in [6.07, 6.45) is 4.23. The van der Waals surface area contributed by atoms with Gasteiger partial charge in [0, 0.05) is 37.6 Å². The Morgan fingerprint density at radius 3 is 2.61 bits per heavy atom. The van der Waals surface area contributed by atoms with Gasteiger partial charge in [0.25, 0.3) is 5.56 Å². The first kappa shape index (κ1) is 22.6. The Labute approximate surface area is 201 Å². The summed E-state index contributed by atoms with van der Waals surface area (Å²) in [5.41, 5.74) is 1.93. The number of aryl methyl sites for hydroxylation is 2. The van der Waals surface area contributed by atoms with Crippen molar-refractivity contribution in [3.63, 3.8) is 0 Å². The third kappa shape index (κ3) is 4.59. The summed E-state index contributed by atoms with van der Waals surface area (Å²) in [4.78, 5) is 37.7. The van der Waals surface area contributed by atoms with Gasteiger partial charge in [-0.05, 0) is 43.4 Å². The van der Waals surface area contributed by atoms with Crippen LogP contribution in [-0.2, 0) is 17.6 Å². The van der Waals surface area contributed by atoms with E-state index in [0.29, 0.717) is 24.8 Å². The molecule has 1 amide bonds. The Balaban J connectivity index is 1.44. The first-order valence-corrected chi connectivity index (χ1v) is 13.3. The normalized spacial score (nSPS) is 16.8. The van der Waals surface area contributed by atoms with Crippen LogP contribution in [0.1, 0.15) is 23.3 Å². The SMILES string of the molecule is O=C(CSc1nc2sc3c(c2c(=O)n1-c1ccccc1)CCCC3)N1CCN(CCO)CC1. The average Bonchev–Trinajstić information content (AvgIpc) is 3.22. The highest BCUT2D eigenvalue weighted by Crippen LogP contribution is 2.35. The van der Waals surface area contributed by atoms with E-state index in [9.17, 15) is 9.59 Å². The number of aliphatic hydroxyl groups is 1. The first-order chi connectivity index (χ1) is 16.2. The summed E-state index contributed by atoms with van der Waals surface area (Å²) in [5.74, 6) is 0.304. The lowest BCUT2D eigenvalue weighted by Crippen LogP contribution is -2.49. The van der Waals surface area contributed by atoms with Crippen molar-refractivity contribution in [3.8, 4) is 5.69 Å². The van der Waals surface area contributed by atoms with Crippen LogP contribution >= 0.6 is 23.1 Å². The average molecular weight is 485 g/mol. The third-order valence-corrected chi connectivity index (χ3v) is 8.55. The van der Waals surface area contributed by atoms with Gasteiger partial charge >= 0.3 is 0 Å². The quantitative estimate of drug-likeness (QED) is 0.428. The van der Waals surface area contributed by atoms with Crippen LogP contribution in [0.15, 0.2) is 40.3 Å². The molecule has 3 aromatic rings. The van der Waals surface area contributed by atoms with Gasteiger partial charge in [0.05, 0.1) is 23.4 Å². The van der Waals surface area contributed by atoms with Crippen molar-refractivity contribution >= 4 is 39.2 Å². The maximum atomic E-state index is 13.7. The van der Waals surface area contributed by atoms with Crippen LogP contribution in [-0.4, -0.2) is 75.4 Å². The minimum Gasteiger partial charge on any atom is -0.395 e. The zero-order valence-corrected chi connectivity index (χ0v) is 20.2. The maximum Gasteiger partial charge on any atom is 0.267 e. The molecule has 1 N–H and O–H groups in total. The van der Waals surface area contributed by atoms with Crippen molar-refractivity contribution in [1.82, 2.24) is 19.4 Å². The zero-order chi connectivity index (χ0) is 22.8. The highest BCUT2D eigenvalue weighted by Gasteiger charge is 2.25. The zero-order valence-electron chi connectivity index (χ0n) is 18.5. The van der Waals surface area contributed by atoms with Crippen molar-refractivity contribution in [1.29, 1.82) is 0 Å². The number of aliphatic hydroxyl groups excluding tert-OH is 1. The molecule has 0 atom stereocenters. The predicted octanol–water partition coefficient (Wildman–Crippen LogP) is 2.55. The number of piperazine rings is 1. The maximum absolute atomic E-state index is 13.7. The molecule has 0 radical (unpaired) electrons. The molecule has 1 aromatic carbocycles. The van der Waals surface area contributed by atoms with E-state index in [1.807, 2.05) is 35.2 Å². The summed E-state index contributed by atoms with van der Waals surface area (Å²) in [5, 5.41) is 10.4. The van der Waals surface area contributed by atoms with E-state index in [1.54, 1.807) is 15.9 Å². The summed E-state index contributed by atoms with van der Waals surface area (Å²) in [6, 6.07) is 9.60. The topological polar surface area (TPSA) is 78.7 Å². The number of thiophene rings is 1. The lowest BCUT2D eigenvalue weighted by molar-refractivity contribution is -0.130. The Kier molecular flexibility index (Phi) is 6.82. The third-order valence-electron chi connectivity index (χ3n) is 6.44. The van der Waals surface area contributed by atoms with Crippen LogP contribution in [0.3, 0.4) is 0 Å². The number of benzene rings is 1. The molecular weight excluding hydrogens is 456 g/mol. The van der Waals surface area contributed by atoms with E-state index in [4.69, 9.17) is 10.1 Å². The van der Waals surface area contributed by atoms with E-state index >= 15 is 0 Å². The monoisotopic (exact) mass is 484 g/mol. The van der Waals surface area contributed by atoms with Crippen LogP contribution in [0.2, 0.25) is 0 Å². The van der Waals surface area contributed by atoms with E-state index in [2.05, 4.69) is 4.90 Å². The van der Waals surface area contributed by atoms with Crippen molar-refractivity contribution < 1.29 is 9.90 Å². The van der Waals surface area contributed by atoms with Gasteiger partial charge in [-0.3, -0.25) is 19.1 Å². The molecule has 0 bridgehead atoms. The molecule has 3 heterocycles. The molecule has 1 aliphatic heterocycles. The van der Waals surface area contributed by atoms with Gasteiger partial charge in [0.1, 0.15) is 4.83 Å². The van der Waals surface area contributed by atoms with Crippen molar-refractivity contribution in [2.75, 3.05) is 45.1 Å². The smallest absolute Gasteiger partial charge is 0.267 e. The lowest BCUT2D eigenvalue weighted by atomic mass is 9.97. The number of nitrogens with zero attached hydrogens (tertiary/aromatic N) is 4. The molecule has 9 heteroatoms. The van der Waals surface area contributed by atoms with E-state index < -0.39 is 0 Å². The molecule has 0 spiro atoms. The van der Waals surface area contributed by atoms with Crippen LogP contribution < -0.4 is 5.56 Å². The van der Waals surface area contributed by atoms with Gasteiger partial charge in [-0.2, -0.15) is 0 Å². The van der Waals surface area contributed by atoms with Crippen LogP contribution in [0.5, 0.6) is 0 Å². The molecule has 2 aliphatic rings. The second-order valence-electron chi connectivity index (χ2n) is 8.50. The molecular formula is C24H28N4O3S2. The van der Waals surface area contributed by atoms with Gasteiger partial charge in [0.15, 0.2) is 5.16 Å². The van der Waals surface area contributed by atoms with Crippen molar-refractivity contribution in [2.24, 2.45) is 0 Å². The number of rotatable bonds is 6. The number of hydrogen-bond acceptors (Lipinski definition) is 7. The molecule has 1 saturated heterocycles. The molecule has 0 saturated carbocycles. The highest BCUT2D eigenvalue weighted by molar-refractivity contribution is 7.99. The number of carbonyl (C=O) groups is 1. The molecule has 2 aromatic heterocycles. The number of β-amino-alcohol motifs (C(OH)–C–C–N with tert-alkyl or cyclic N) is 1. The fourth-order valence-corrected chi connectivity index (χ4v) is 6.89. The number of thioether (sulfide) groups is 1. The fraction of sp³-hybridized carbons (Fsp3) is 0.458. The number of aromatic nitrogens is 2. The van der Waals surface area contributed by atoms with Crippen LogP contribution in [0.25, 0.3) is 15.9 Å². The second-order valence-corrected chi connectivity index (χ2v) is 10.5. The molecule has 33 heavy (non-hydrogen) atoms. The Hall–Kier alpha value is -2.20. The second kappa shape index (κ2) is 9.97. The lowest BCUT2D eigenvalue weighted by Gasteiger charge is -2.34. The number of para-hydroxylation sites is 1. The molecule has 1 aliphatic carbocycles. The fourth-order valence-electron chi connectivity index (χ4n) is 4.67. The molecule has 0 unspecified atom stereocenters. The number of fused-ring (bicyclic) bond motifs is 3. The molecule has 1 fully saturated rings. The summed E-state index contributed by atoms with van der Waals surface area (Å²) in [6.45, 7) is 3.66. The summed E-state index contributed by atoms with van der Waals surface area (Å²) in [7, 11) is 0. The van der Waals surface area contributed by atoms with Crippen molar-refractivity contribution in [3.05, 3.63) is 51.1 Å². The molecule has 174 valence electrons. The molecule has 5 rings (SSSR count). The van der Waals surface area contributed by atoms with E-state index in [-0.39, 0.29) is 23.8 Å². The van der Waals surface area contributed by atoms with Crippen LogP contribution in [0.4, 0.5) is 0 Å². The Morgan fingerprint density at radius 2 is 1.85 bits per heavy atom. The largest absolute Gasteiger partial charge is 0.395 e. The molecule has 7 nitrogen and oxygen atoms in total. The minimum atomic E-state index is -0.0295. The Bertz CT molecular complexity index is 1200. The minimum absolute atomic E-state index is 0.0295. The van der Waals surface area contributed by atoms with E-state index in [1.165, 1.54) is 22.2 Å².